The van der Waals surface area contributed by atoms with E-state index in [1.54, 1.807) is 10.3 Å². The molecule has 8 nitrogen and oxygen atoms in total. The molecule has 0 N–H and O–H groups in total. The molecule has 1 aromatic heterocycles. The first-order valence-corrected chi connectivity index (χ1v) is 14.2. The zero-order valence-corrected chi connectivity index (χ0v) is 23.7. The Kier molecular flexibility index (Phi) is 8.74. The van der Waals surface area contributed by atoms with E-state index in [4.69, 9.17) is 16.3 Å². The zero-order chi connectivity index (χ0) is 27.6. The van der Waals surface area contributed by atoms with Crippen LogP contribution in [0.15, 0.2) is 29.6 Å². The normalized spacial score (nSPS) is 22.5. The number of thiazole rings is 1. The highest BCUT2D eigenvalue weighted by atomic mass is 35.5. The maximum atomic E-state index is 13.5. The van der Waals surface area contributed by atoms with E-state index in [0.717, 1.165) is 17.8 Å². The summed E-state index contributed by atoms with van der Waals surface area (Å²) >= 11 is 7.64. The standard InChI is InChI=1S/C27H34ClFN4O4S/c1-17-13-31(20(12-28)14-33(17)26(36)37-27(2,3)4)15-23(34)32-11-5-6-22(32)25-30-21(16-38-25)24(35)18-7-9-19(29)10-8-18/h7-10,16-17,20,22H,5-6,11-15H2,1-4H3/t17-,20+,22+/m1/s1. The third kappa shape index (κ3) is 6.52. The van der Waals surface area contributed by atoms with Gasteiger partial charge in [0.15, 0.2) is 0 Å². The van der Waals surface area contributed by atoms with E-state index in [-0.39, 0.29) is 48.3 Å². The van der Waals surface area contributed by atoms with Gasteiger partial charge in [-0.3, -0.25) is 14.5 Å². The molecule has 0 aliphatic carbocycles. The molecular formula is C27H34ClFN4O4S. The second-order valence-corrected chi connectivity index (χ2v) is 12.1. The summed E-state index contributed by atoms with van der Waals surface area (Å²) in [6.07, 6.45) is 1.24. The number of carbonyl (C=O) groups excluding carboxylic acids is 3. The van der Waals surface area contributed by atoms with Crippen molar-refractivity contribution in [3.63, 3.8) is 0 Å². The fourth-order valence-corrected chi connectivity index (χ4v) is 6.14. The van der Waals surface area contributed by atoms with E-state index < -0.39 is 11.4 Å². The number of hydrogen-bond acceptors (Lipinski definition) is 7. The molecule has 2 amide bonds. The van der Waals surface area contributed by atoms with Crippen molar-refractivity contribution in [3.8, 4) is 0 Å². The van der Waals surface area contributed by atoms with E-state index >= 15 is 0 Å². The van der Waals surface area contributed by atoms with Gasteiger partial charge in [0.25, 0.3) is 0 Å². The predicted molar refractivity (Wildman–Crippen MR) is 144 cm³/mol. The van der Waals surface area contributed by atoms with E-state index in [2.05, 4.69) is 4.98 Å². The first-order chi connectivity index (χ1) is 18.0. The van der Waals surface area contributed by atoms with Crippen molar-refractivity contribution in [2.45, 2.75) is 64.3 Å². The molecule has 2 aliphatic heterocycles. The van der Waals surface area contributed by atoms with Gasteiger partial charge in [-0.15, -0.1) is 22.9 Å². The van der Waals surface area contributed by atoms with Gasteiger partial charge in [-0.05, 0) is 64.8 Å². The van der Waals surface area contributed by atoms with E-state index in [1.807, 2.05) is 37.5 Å². The Hall–Kier alpha value is -2.56. The Labute approximate surface area is 231 Å². The van der Waals surface area contributed by atoms with E-state index in [9.17, 15) is 18.8 Å². The summed E-state index contributed by atoms with van der Waals surface area (Å²) in [4.78, 5) is 49.1. The van der Waals surface area contributed by atoms with Crippen LogP contribution in [0.1, 0.15) is 67.6 Å². The number of rotatable bonds is 6. The number of benzene rings is 1. The lowest BCUT2D eigenvalue weighted by molar-refractivity contribution is -0.134. The van der Waals surface area contributed by atoms with Crippen molar-refractivity contribution in [2.75, 3.05) is 32.1 Å². The molecule has 0 spiro atoms. The van der Waals surface area contributed by atoms with Gasteiger partial charge in [0.1, 0.15) is 22.1 Å². The second-order valence-electron chi connectivity index (χ2n) is 10.9. The number of hydrogen-bond donors (Lipinski definition) is 0. The summed E-state index contributed by atoms with van der Waals surface area (Å²) in [5.41, 5.74) is 0.0735. The molecule has 2 fully saturated rings. The maximum Gasteiger partial charge on any atom is 0.410 e. The average Bonchev–Trinajstić information content (AvgIpc) is 3.53. The molecule has 0 saturated carbocycles. The van der Waals surface area contributed by atoms with Crippen molar-refractivity contribution in [2.24, 2.45) is 0 Å². The van der Waals surface area contributed by atoms with Crippen LogP contribution in [-0.2, 0) is 9.53 Å². The summed E-state index contributed by atoms with van der Waals surface area (Å²) in [6.45, 7) is 9.14. The monoisotopic (exact) mass is 564 g/mol. The minimum absolute atomic E-state index is 0.0258. The van der Waals surface area contributed by atoms with Gasteiger partial charge in [-0.2, -0.15) is 0 Å². The molecule has 2 saturated heterocycles. The summed E-state index contributed by atoms with van der Waals surface area (Å²) in [5, 5.41) is 2.42. The number of alkyl halides is 1. The number of likely N-dealkylation sites (tertiary alicyclic amines) is 1. The molecule has 206 valence electrons. The van der Waals surface area contributed by atoms with Crippen LogP contribution in [0.25, 0.3) is 0 Å². The van der Waals surface area contributed by atoms with Gasteiger partial charge < -0.3 is 14.5 Å². The number of ether oxygens (including phenoxy) is 1. The first kappa shape index (κ1) is 28.4. The number of ketones is 1. The summed E-state index contributed by atoms with van der Waals surface area (Å²) in [5.74, 6) is -0.422. The van der Waals surface area contributed by atoms with Crippen LogP contribution in [-0.4, -0.2) is 87.2 Å². The SMILES string of the molecule is C[C@@H]1CN(CC(=O)N2CCC[C@H]2c2nc(C(=O)c3ccc(F)cc3)cs2)[C@@H](CCl)CN1C(=O)OC(C)(C)C. The first-order valence-electron chi connectivity index (χ1n) is 12.8. The Balaban J connectivity index is 1.41. The lowest BCUT2D eigenvalue weighted by atomic mass is 10.1. The number of aromatic nitrogens is 1. The minimum Gasteiger partial charge on any atom is -0.444 e. The van der Waals surface area contributed by atoms with Crippen molar-refractivity contribution >= 4 is 40.7 Å². The fraction of sp³-hybridized carbons (Fsp3) is 0.556. The number of nitrogens with zero attached hydrogens (tertiary/aromatic N) is 4. The molecule has 2 aliphatic rings. The van der Waals surface area contributed by atoms with Crippen LogP contribution in [0.4, 0.5) is 9.18 Å². The van der Waals surface area contributed by atoms with Crippen LogP contribution in [0.5, 0.6) is 0 Å². The average molecular weight is 565 g/mol. The van der Waals surface area contributed by atoms with Gasteiger partial charge in [-0.25, -0.2) is 14.2 Å². The van der Waals surface area contributed by atoms with Crippen LogP contribution in [0, 0.1) is 5.82 Å². The van der Waals surface area contributed by atoms with Gasteiger partial charge in [0.05, 0.1) is 12.6 Å². The second kappa shape index (κ2) is 11.7. The van der Waals surface area contributed by atoms with E-state index in [1.165, 1.54) is 35.6 Å². The molecule has 38 heavy (non-hydrogen) atoms. The molecule has 0 unspecified atom stereocenters. The van der Waals surface area contributed by atoms with Gasteiger partial charge in [-0.1, -0.05) is 0 Å². The van der Waals surface area contributed by atoms with Gasteiger partial charge in [0, 0.05) is 48.5 Å². The van der Waals surface area contributed by atoms with Crippen molar-refractivity contribution in [1.82, 2.24) is 19.7 Å². The minimum atomic E-state index is -0.593. The molecule has 1 aromatic carbocycles. The topological polar surface area (TPSA) is 83.1 Å². The number of carbonyl (C=O) groups is 3. The Morgan fingerprint density at radius 2 is 1.87 bits per heavy atom. The Morgan fingerprint density at radius 1 is 1.16 bits per heavy atom. The highest BCUT2D eigenvalue weighted by Crippen LogP contribution is 2.34. The summed E-state index contributed by atoms with van der Waals surface area (Å²) in [7, 11) is 0. The predicted octanol–water partition coefficient (Wildman–Crippen LogP) is 4.73. The van der Waals surface area contributed by atoms with Crippen LogP contribution >= 0.6 is 22.9 Å². The highest BCUT2D eigenvalue weighted by Gasteiger charge is 2.39. The Bertz CT molecular complexity index is 1170. The van der Waals surface area contributed by atoms with Crippen molar-refractivity contribution in [3.05, 3.63) is 51.7 Å². The molecule has 4 rings (SSSR count). The highest BCUT2D eigenvalue weighted by molar-refractivity contribution is 7.10. The van der Waals surface area contributed by atoms with Crippen LogP contribution < -0.4 is 0 Å². The summed E-state index contributed by atoms with van der Waals surface area (Å²) in [6, 6.07) is 4.88. The van der Waals surface area contributed by atoms with Crippen LogP contribution in [0.2, 0.25) is 0 Å². The molecule has 3 heterocycles. The molecule has 0 bridgehead atoms. The molecule has 0 radical (unpaired) electrons. The van der Waals surface area contributed by atoms with Crippen molar-refractivity contribution in [1.29, 1.82) is 0 Å². The van der Waals surface area contributed by atoms with Gasteiger partial charge >= 0.3 is 6.09 Å². The number of piperazine rings is 1. The quantitative estimate of drug-likeness (QED) is 0.373. The summed E-state index contributed by atoms with van der Waals surface area (Å²) < 4.78 is 18.8. The fourth-order valence-electron chi connectivity index (χ4n) is 4.91. The zero-order valence-electron chi connectivity index (χ0n) is 22.2. The molecular weight excluding hydrogens is 531 g/mol. The molecule has 11 heteroatoms. The third-order valence-corrected chi connectivity index (χ3v) is 8.12. The van der Waals surface area contributed by atoms with Crippen molar-refractivity contribution < 1.29 is 23.5 Å². The Morgan fingerprint density at radius 3 is 2.53 bits per heavy atom. The van der Waals surface area contributed by atoms with Gasteiger partial charge in [0.2, 0.25) is 11.7 Å². The molecule has 2 aromatic rings. The van der Waals surface area contributed by atoms with Crippen LogP contribution in [0.3, 0.4) is 0 Å². The lowest BCUT2D eigenvalue weighted by Crippen LogP contribution is -2.61. The van der Waals surface area contributed by atoms with E-state index in [0.29, 0.717) is 30.9 Å². The lowest BCUT2D eigenvalue weighted by Gasteiger charge is -2.44. The number of halogens is 2. The smallest absolute Gasteiger partial charge is 0.410 e. The molecule has 3 atom stereocenters. The number of amides is 2. The largest absolute Gasteiger partial charge is 0.444 e. The third-order valence-electron chi connectivity index (χ3n) is 6.82. The maximum absolute atomic E-state index is 13.5.